The maximum absolute atomic E-state index is 10.3. The Morgan fingerprint density at radius 1 is 1.32 bits per heavy atom. The van der Waals surface area contributed by atoms with Gasteiger partial charge in [0.15, 0.2) is 34.5 Å². The molecule has 12 heteroatoms. The number of hydrogen-bond donors (Lipinski definition) is 2. The third kappa shape index (κ3) is 3.91. The molecule has 4 heterocycles. The Morgan fingerprint density at radius 2 is 2.13 bits per heavy atom. The summed E-state index contributed by atoms with van der Waals surface area (Å²) >= 11 is 1.55. The number of thioether (sulfide) groups is 1. The smallest absolute Gasteiger partial charge is 0.382 e. The van der Waals surface area contributed by atoms with Crippen molar-refractivity contribution in [3.05, 3.63) is 42.2 Å². The van der Waals surface area contributed by atoms with E-state index in [1.807, 2.05) is 22.8 Å². The van der Waals surface area contributed by atoms with E-state index in [0.29, 0.717) is 27.9 Å². The highest BCUT2D eigenvalue weighted by Gasteiger charge is 2.58. The van der Waals surface area contributed by atoms with E-state index < -0.39 is 32.5 Å². The molecule has 0 aliphatic carbocycles. The van der Waals surface area contributed by atoms with Crippen molar-refractivity contribution in [3.63, 3.8) is 0 Å². The van der Waals surface area contributed by atoms with E-state index in [4.69, 9.17) is 29.2 Å². The number of hydrogen-bond acceptors (Lipinski definition) is 10. The molecular formula is C19H23N5O5PS+. The Labute approximate surface area is 183 Å². The Bertz CT molecular complexity index is 1080. The maximum Gasteiger partial charge on any atom is 0.406 e. The molecule has 2 aromatic heterocycles. The fraction of sp³-hybridized carbons (Fsp3) is 0.421. The van der Waals surface area contributed by atoms with Gasteiger partial charge in [0, 0.05) is 12.9 Å². The van der Waals surface area contributed by atoms with Crippen molar-refractivity contribution in [2.24, 2.45) is 0 Å². The van der Waals surface area contributed by atoms with Gasteiger partial charge in [-0.3, -0.25) is 4.57 Å². The van der Waals surface area contributed by atoms with Crippen LogP contribution in [0.1, 0.15) is 11.8 Å². The van der Waals surface area contributed by atoms with Gasteiger partial charge in [0.1, 0.15) is 31.8 Å². The SMILES string of the molecule is COC1C2O[P+](C)(O)OC[C@H]2OC1n1c(SCc2ccccc2)nc2c(N)ncnc21. The van der Waals surface area contributed by atoms with E-state index in [1.54, 1.807) is 25.5 Å². The molecule has 2 saturated heterocycles. The highest BCUT2D eigenvalue weighted by atomic mass is 32.2. The molecule has 5 atom stereocenters. The van der Waals surface area contributed by atoms with Crippen LogP contribution in [-0.4, -0.2) is 63.1 Å². The molecule has 4 unspecified atom stereocenters. The number of nitrogens with two attached hydrogens (primary N) is 1. The summed E-state index contributed by atoms with van der Waals surface area (Å²) in [6, 6.07) is 10.1. The molecular weight excluding hydrogens is 441 g/mol. The molecule has 2 fully saturated rings. The Morgan fingerprint density at radius 3 is 2.90 bits per heavy atom. The number of methoxy groups -OCH3 is 1. The fourth-order valence-corrected chi connectivity index (χ4v) is 6.02. The number of nitrogen functional groups attached to an aromatic ring is 1. The highest BCUT2D eigenvalue weighted by Crippen LogP contribution is 2.60. The van der Waals surface area contributed by atoms with E-state index >= 15 is 0 Å². The molecule has 5 rings (SSSR count). The fourth-order valence-electron chi connectivity index (χ4n) is 3.86. The highest BCUT2D eigenvalue weighted by molar-refractivity contribution is 7.98. The molecule has 1 aromatic carbocycles. The molecule has 10 nitrogen and oxygen atoms in total. The van der Waals surface area contributed by atoms with Crippen molar-refractivity contribution < 1.29 is 23.4 Å². The third-order valence-corrected chi connectivity index (χ3v) is 7.58. The zero-order valence-corrected chi connectivity index (χ0v) is 18.7. The topological polar surface area (TPSA) is 127 Å². The van der Waals surface area contributed by atoms with E-state index in [0.717, 1.165) is 5.56 Å². The van der Waals surface area contributed by atoms with Crippen molar-refractivity contribution in [1.82, 2.24) is 19.5 Å². The van der Waals surface area contributed by atoms with Crippen LogP contribution in [0.15, 0.2) is 41.8 Å². The van der Waals surface area contributed by atoms with Gasteiger partial charge in [-0.25, -0.2) is 15.0 Å². The second-order valence-electron chi connectivity index (χ2n) is 7.40. The number of aromatic nitrogens is 4. The predicted octanol–water partition coefficient (Wildman–Crippen LogP) is 2.41. The molecule has 31 heavy (non-hydrogen) atoms. The van der Waals surface area contributed by atoms with Gasteiger partial charge in [-0.15, -0.1) is 0 Å². The summed E-state index contributed by atoms with van der Waals surface area (Å²) < 4.78 is 25.2. The lowest BCUT2D eigenvalue weighted by Gasteiger charge is -2.28. The van der Waals surface area contributed by atoms with Gasteiger partial charge < -0.3 is 15.2 Å². The Balaban J connectivity index is 1.54. The minimum absolute atomic E-state index is 0.220. The van der Waals surface area contributed by atoms with Crippen molar-refractivity contribution in [2.45, 2.75) is 35.4 Å². The van der Waals surface area contributed by atoms with E-state index in [-0.39, 0.29) is 6.61 Å². The number of imidazole rings is 1. The van der Waals surface area contributed by atoms with Gasteiger partial charge in [0.05, 0.1) is 0 Å². The van der Waals surface area contributed by atoms with Crippen LogP contribution < -0.4 is 5.73 Å². The summed E-state index contributed by atoms with van der Waals surface area (Å²) in [7, 11) is -1.32. The molecule has 0 radical (unpaired) electrons. The summed E-state index contributed by atoms with van der Waals surface area (Å²) in [4.78, 5) is 23.5. The van der Waals surface area contributed by atoms with Crippen LogP contribution in [0.2, 0.25) is 0 Å². The monoisotopic (exact) mass is 464 g/mol. The lowest BCUT2D eigenvalue weighted by atomic mass is 10.1. The van der Waals surface area contributed by atoms with Crippen molar-refractivity contribution in [3.8, 4) is 0 Å². The summed E-state index contributed by atoms with van der Waals surface area (Å²) in [5, 5.41) is 0.680. The molecule has 0 saturated carbocycles. The average Bonchev–Trinajstić information content (AvgIpc) is 3.30. The largest absolute Gasteiger partial charge is 0.406 e. The first-order chi connectivity index (χ1) is 15.0. The van der Waals surface area contributed by atoms with Crippen molar-refractivity contribution >= 4 is 36.7 Å². The van der Waals surface area contributed by atoms with E-state index in [9.17, 15) is 4.89 Å². The lowest BCUT2D eigenvalue weighted by molar-refractivity contribution is -0.0661. The van der Waals surface area contributed by atoms with Gasteiger partial charge in [0.25, 0.3) is 0 Å². The van der Waals surface area contributed by atoms with Crippen molar-refractivity contribution in [1.29, 1.82) is 0 Å². The molecule has 2 aliphatic heterocycles. The first kappa shape index (κ1) is 21.0. The summed E-state index contributed by atoms with van der Waals surface area (Å²) in [6.45, 7) is 1.78. The number of fused-ring (bicyclic) bond motifs is 2. The molecule has 3 aromatic rings. The molecule has 0 bridgehead atoms. The quantitative estimate of drug-likeness (QED) is 0.429. The minimum atomic E-state index is -2.92. The van der Waals surface area contributed by atoms with Crippen LogP contribution in [-0.2, 0) is 24.3 Å². The number of nitrogens with zero attached hydrogens (tertiary/aromatic N) is 4. The Hall–Kier alpha value is -1.85. The average molecular weight is 464 g/mol. The van der Waals surface area contributed by atoms with E-state index in [2.05, 4.69) is 22.1 Å². The molecule has 3 N–H and O–H groups in total. The molecule has 164 valence electrons. The maximum atomic E-state index is 10.3. The lowest BCUT2D eigenvalue weighted by Crippen LogP contribution is -2.41. The van der Waals surface area contributed by atoms with Crippen LogP contribution in [0.25, 0.3) is 11.2 Å². The van der Waals surface area contributed by atoms with Crippen LogP contribution >= 0.6 is 19.7 Å². The van der Waals surface area contributed by atoms with Gasteiger partial charge in [-0.1, -0.05) is 42.1 Å². The molecule has 0 spiro atoms. The summed E-state index contributed by atoms with van der Waals surface area (Å²) in [5.74, 6) is 0.998. The number of ether oxygens (including phenoxy) is 2. The van der Waals surface area contributed by atoms with Gasteiger partial charge in [0.2, 0.25) is 0 Å². The Kier molecular flexibility index (Phi) is 5.59. The van der Waals surface area contributed by atoms with Crippen LogP contribution in [0.3, 0.4) is 0 Å². The number of rotatable bonds is 5. The first-order valence-electron chi connectivity index (χ1n) is 9.72. The third-order valence-electron chi connectivity index (χ3n) is 5.29. The summed E-state index contributed by atoms with van der Waals surface area (Å²) in [5.41, 5.74) is 8.30. The zero-order valence-electron chi connectivity index (χ0n) is 17.0. The second kappa shape index (κ2) is 8.25. The van der Waals surface area contributed by atoms with Gasteiger partial charge in [-0.05, 0) is 5.56 Å². The van der Waals surface area contributed by atoms with Crippen LogP contribution in [0, 0.1) is 0 Å². The molecule has 2 aliphatic rings. The standard InChI is InChI=1S/C19H23N5O5PS/c1-26-15-14-12(8-27-30(2,25)29-14)28-18(15)24-17-13(16(20)21-10-22-17)23-19(24)31-9-11-6-4-3-5-7-11/h3-7,10,12,14-15,18,25H,8-9H2,1-2H3,(H2,20,21,22)/q+1/t12-,14?,15?,18?,30?/m1/s1. The first-order valence-corrected chi connectivity index (χ1v) is 12.7. The minimum Gasteiger partial charge on any atom is -0.382 e. The predicted molar refractivity (Wildman–Crippen MR) is 116 cm³/mol. The molecule has 0 amide bonds. The van der Waals surface area contributed by atoms with Crippen LogP contribution in [0.5, 0.6) is 0 Å². The van der Waals surface area contributed by atoms with Gasteiger partial charge >= 0.3 is 7.94 Å². The zero-order chi connectivity index (χ0) is 21.6. The second-order valence-corrected chi connectivity index (χ2v) is 10.4. The normalized spacial score (nSPS) is 30.5. The van der Waals surface area contributed by atoms with Crippen molar-refractivity contribution in [2.75, 3.05) is 26.1 Å². The summed E-state index contributed by atoms with van der Waals surface area (Å²) in [6.07, 6.45) is -0.542. The van der Waals surface area contributed by atoms with Crippen LogP contribution in [0.4, 0.5) is 5.82 Å². The van der Waals surface area contributed by atoms with E-state index in [1.165, 1.54) is 6.33 Å². The number of benzene rings is 1. The number of anilines is 1. The van der Waals surface area contributed by atoms with Gasteiger partial charge in [-0.2, -0.15) is 13.9 Å².